The molecule has 0 aliphatic heterocycles. The van der Waals surface area contributed by atoms with Crippen LogP contribution in [0.2, 0.25) is 0 Å². The predicted molar refractivity (Wildman–Crippen MR) is 79.9 cm³/mol. The predicted octanol–water partition coefficient (Wildman–Crippen LogP) is 3.90. The number of nitrogens with zero attached hydrogens (tertiary/aromatic N) is 4. The topological polar surface area (TPSA) is 43.1 Å². The highest BCUT2D eigenvalue weighted by Crippen LogP contribution is 2.35. The quantitative estimate of drug-likeness (QED) is 0.716. The molecule has 0 N–H and O–H groups in total. The fourth-order valence-electron chi connectivity index (χ4n) is 2.91. The highest BCUT2D eigenvalue weighted by Gasteiger charge is 2.21. The van der Waals surface area contributed by atoms with Crippen molar-refractivity contribution in [2.24, 2.45) is 0 Å². The Bertz CT molecular complexity index is 710. The molecule has 4 nitrogen and oxygen atoms in total. The highest BCUT2D eigenvalue weighted by atomic mass is 32.1. The van der Waals surface area contributed by atoms with Crippen molar-refractivity contribution in [2.45, 2.75) is 38.0 Å². The molecule has 102 valence electrons. The van der Waals surface area contributed by atoms with Crippen LogP contribution in [0, 0.1) is 0 Å². The summed E-state index contributed by atoms with van der Waals surface area (Å²) in [5.74, 6) is 1.47. The monoisotopic (exact) mass is 284 g/mol. The van der Waals surface area contributed by atoms with Gasteiger partial charge in [0.2, 0.25) is 4.96 Å². The van der Waals surface area contributed by atoms with E-state index in [1.54, 1.807) is 11.3 Å². The third-order valence-corrected chi connectivity index (χ3v) is 5.05. The van der Waals surface area contributed by atoms with Gasteiger partial charge in [0.05, 0.1) is 0 Å². The van der Waals surface area contributed by atoms with Gasteiger partial charge in [-0.3, -0.25) is 0 Å². The maximum Gasteiger partial charge on any atom is 0.234 e. The van der Waals surface area contributed by atoms with Gasteiger partial charge in [0.15, 0.2) is 5.82 Å². The molecule has 20 heavy (non-hydrogen) atoms. The highest BCUT2D eigenvalue weighted by molar-refractivity contribution is 7.16. The first-order valence-electron chi connectivity index (χ1n) is 7.19. The second-order valence-corrected chi connectivity index (χ2v) is 6.35. The summed E-state index contributed by atoms with van der Waals surface area (Å²) in [7, 11) is 0. The zero-order chi connectivity index (χ0) is 13.4. The first kappa shape index (κ1) is 12.0. The molecule has 1 aliphatic rings. The Hall–Kier alpha value is -1.75. The van der Waals surface area contributed by atoms with Crippen LogP contribution in [0.4, 0.5) is 0 Å². The van der Waals surface area contributed by atoms with Gasteiger partial charge in [0.25, 0.3) is 0 Å². The lowest BCUT2D eigenvalue weighted by molar-refractivity contribution is 0.440. The molecule has 2 heterocycles. The standard InChI is InChI=1S/C15H16N4S/c1-3-7-11(8-4-1)13-16-17-15-19(13)18-14(20-15)12-9-5-2-6-10-12/h1,3-4,7-8,12H,2,5-6,9-10H2. The zero-order valence-electron chi connectivity index (χ0n) is 11.2. The summed E-state index contributed by atoms with van der Waals surface area (Å²) in [6.45, 7) is 0. The summed E-state index contributed by atoms with van der Waals surface area (Å²) in [6, 6.07) is 10.2. The Kier molecular flexibility index (Phi) is 2.99. The Balaban J connectivity index is 1.75. The maximum absolute atomic E-state index is 4.78. The van der Waals surface area contributed by atoms with Gasteiger partial charge in [0.1, 0.15) is 5.01 Å². The van der Waals surface area contributed by atoms with Crippen molar-refractivity contribution in [3.05, 3.63) is 35.3 Å². The molecule has 0 bridgehead atoms. The second kappa shape index (κ2) is 4.98. The molecule has 0 amide bonds. The number of hydrogen-bond donors (Lipinski definition) is 0. The lowest BCUT2D eigenvalue weighted by atomic mass is 9.90. The van der Waals surface area contributed by atoms with Gasteiger partial charge in [-0.2, -0.15) is 9.61 Å². The first-order chi connectivity index (χ1) is 9.92. The van der Waals surface area contributed by atoms with Crippen LogP contribution in [0.25, 0.3) is 16.3 Å². The molecule has 4 rings (SSSR count). The molecule has 1 saturated carbocycles. The summed E-state index contributed by atoms with van der Waals surface area (Å²) >= 11 is 1.70. The molecule has 1 fully saturated rings. The summed E-state index contributed by atoms with van der Waals surface area (Å²) in [5, 5.41) is 14.6. The Morgan fingerprint density at radius 3 is 2.60 bits per heavy atom. The van der Waals surface area contributed by atoms with Crippen LogP contribution in [0.1, 0.15) is 43.0 Å². The smallest absolute Gasteiger partial charge is 0.183 e. The third-order valence-electron chi connectivity index (χ3n) is 3.99. The van der Waals surface area contributed by atoms with Gasteiger partial charge in [-0.15, -0.1) is 10.2 Å². The van der Waals surface area contributed by atoms with Gasteiger partial charge in [-0.1, -0.05) is 60.9 Å². The van der Waals surface area contributed by atoms with E-state index in [1.165, 1.54) is 37.1 Å². The lowest BCUT2D eigenvalue weighted by Crippen LogP contribution is -2.04. The van der Waals surface area contributed by atoms with E-state index in [1.807, 2.05) is 22.7 Å². The van der Waals surface area contributed by atoms with Gasteiger partial charge in [-0.25, -0.2) is 0 Å². The van der Waals surface area contributed by atoms with Crippen LogP contribution in [0.3, 0.4) is 0 Å². The van der Waals surface area contributed by atoms with Crippen LogP contribution < -0.4 is 0 Å². The SMILES string of the molecule is c1ccc(-c2nnc3sc(C4CCCCC4)nn23)cc1. The van der Waals surface area contributed by atoms with Crippen molar-refractivity contribution in [2.75, 3.05) is 0 Å². The van der Waals surface area contributed by atoms with E-state index in [9.17, 15) is 0 Å². The van der Waals surface area contributed by atoms with E-state index in [-0.39, 0.29) is 0 Å². The minimum absolute atomic E-state index is 0.624. The summed E-state index contributed by atoms with van der Waals surface area (Å²) < 4.78 is 1.91. The zero-order valence-corrected chi connectivity index (χ0v) is 12.0. The molecular formula is C15H16N4S. The van der Waals surface area contributed by atoms with Crippen molar-refractivity contribution in [3.8, 4) is 11.4 Å². The molecule has 0 atom stereocenters. The van der Waals surface area contributed by atoms with E-state index in [4.69, 9.17) is 5.10 Å². The summed E-state index contributed by atoms with van der Waals surface area (Å²) in [4.78, 5) is 0.907. The van der Waals surface area contributed by atoms with Gasteiger partial charge in [0, 0.05) is 11.5 Å². The third kappa shape index (κ3) is 2.02. The summed E-state index contributed by atoms with van der Waals surface area (Å²) in [6.07, 6.45) is 6.57. The van der Waals surface area contributed by atoms with E-state index in [2.05, 4.69) is 22.3 Å². The second-order valence-electron chi connectivity index (χ2n) is 5.36. The largest absolute Gasteiger partial charge is 0.234 e. The number of aromatic nitrogens is 4. The van der Waals surface area contributed by atoms with Gasteiger partial charge in [-0.05, 0) is 12.8 Å². The fraction of sp³-hybridized carbons (Fsp3) is 0.400. The number of fused-ring (bicyclic) bond motifs is 1. The van der Waals surface area contributed by atoms with E-state index >= 15 is 0 Å². The molecule has 3 aromatic rings. The van der Waals surface area contributed by atoms with Crippen LogP contribution >= 0.6 is 11.3 Å². The van der Waals surface area contributed by atoms with E-state index in [0.717, 1.165) is 16.3 Å². The fourth-order valence-corrected chi connectivity index (χ4v) is 3.92. The number of rotatable bonds is 2. The molecule has 5 heteroatoms. The minimum atomic E-state index is 0.624. The average Bonchev–Trinajstić information content (AvgIpc) is 3.09. The normalized spacial score (nSPS) is 16.8. The summed E-state index contributed by atoms with van der Waals surface area (Å²) in [5.41, 5.74) is 1.07. The van der Waals surface area contributed by atoms with Gasteiger partial charge >= 0.3 is 0 Å². The Morgan fingerprint density at radius 1 is 1.00 bits per heavy atom. The van der Waals surface area contributed by atoms with Crippen LogP contribution in [0.15, 0.2) is 30.3 Å². The van der Waals surface area contributed by atoms with Crippen molar-refractivity contribution in [3.63, 3.8) is 0 Å². The van der Waals surface area contributed by atoms with E-state index < -0.39 is 0 Å². The molecule has 1 aromatic carbocycles. The van der Waals surface area contributed by atoms with Crippen molar-refractivity contribution in [1.29, 1.82) is 0 Å². The Labute approximate surface area is 121 Å². The average molecular weight is 284 g/mol. The number of benzene rings is 1. The van der Waals surface area contributed by atoms with Crippen molar-refractivity contribution in [1.82, 2.24) is 19.8 Å². The number of hydrogen-bond acceptors (Lipinski definition) is 4. The Morgan fingerprint density at radius 2 is 1.80 bits per heavy atom. The molecular weight excluding hydrogens is 268 g/mol. The molecule has 0 saturated heterocycles. The van der Waals surface area contributed by atoms with Crippen LogP contribution in [-0.4, -0.2) is 19.8 Å². The minimum Gasteiger partial charge on any atom is -0.183 e. The van der Waals surface area contributed by atoms with Crippen LogP contribution in [-0.2, 0) is 0 Å². The molecule has 0 unspecified atom stereocenters. The molecule has 0 spiro atoms. The first-order valence-corrected chi connectivity index (χ1v) is 8.01. The maximum atomic E-state index is 4.78. The lowest BCUT2D eigenvalue weighted by Gasteiger charge is -2.18. The van der Waals surface area contributed by atoms with Crippen molar-refractivity contribution < 1.29 is 0 Å². The van der Waals surface area contributed by atoms with Crippen LogP contribution in [0.5, 0.6) is 0 Å². The van der Waals surface area contributed by atoms with Crippen molar-refractivity contribution >= 4 is 16.3 Å². The molecule has 1 aliphatic carbocycles. The van der Waals surface area contributed by atoms with E-state index in [0.29, 0.717) is 5.92 Å². The molecule has 0 radical (unpaired) electrons. The molecule has 2 aromatic heterocycles. The van der Waals surface area contributed by atoms with Gasteiger partial charge < -0.3 is 0 Å².